The van der Waals surface area contributed by atoms with Crippen LogP contribution in [0.1, 0.15) is 25.0 Å². The summed E-state index contributed by atoms with van der Waals surface area (Å²) in [6.45, 7) is 6.28. The van der Waals surface area contributed by atoms with Crippen LogP contribution in [0.5, 0.6) is 11.5 Å². The molecule has 0 saturated carbocycles. The van der Waals surface area contributed by atoms with Crippen molar-refractivity contribution in [1.29, 1.82) is 0 Å². The number of amides is 2. The summed E-state index contributed by atoms with van der Waals surface area (Å²) in [6.07, 6.45) is 0. The normalized spacial score (nSPS) is 11.4. The summed E-state index contributed by atoms with van der Waals surface area (Å²) >= 11 is 0. The van der Waals surface area contributed by atoms with E-state index < -0.39 is 6.04 Å². The molecule has 6 heteroatoms. The van der Waals surface area contributed by atoms with Crippen LogP contribution in [0, 0.1) is 6.92 Å². The molecule has 2 rings (SSSR count). The Labute approximate surface area is 166 Å². The van der Waals surface area contributed by atoms with Gasteiger partial charge in [0.1, 0.15) is 17.5 Å². The Balaban J connectivity index is 2.12. The van der Waals surface area contributed by atoms with Gasteiger partial charge in [-0.3, -0.25) is 9.59 Å². The first kappa shape index (κ1) is 21.3. The van der Waals surface area contributed by atoms with E-state index in [0.29, 0.717) is 24.6 Å². The molecule has 150 valence electrons. The van der Waals surface area contributed by atoms with E-state index in [1.165, 1.54) is 0 Å². The van der Waals surface area contributed by atoms with Crippen LogP contribution >= 0.6 is 0 Å². The number of carbonyl (C=O) groups is 2. The van der Waals surface area contributed by atoms with Gasteiger partial charge in [0.25, 0.3) is 5.91 Å². The fraction of sp³-hybridized carbons (Fsp3) is 0.364. The van der Waals surface area contributed by atoms with E-state index in [1.54, 1.807) is 43.2 Å². The van der Waals surface area contributed by atoms with Gasteiger partial charge in [-0.05, 0) is 56.2 Å². The summed E-state index contributed by atoms with van der Waals surface area (Å²) < 4.78 is 10.7. The van der Waals surface area contributed by atoms with Gasteiger partial charge in [0.2, 0.25) is 5.91 Å². The molecule has 2 aromatic carbocycles. The third-order valence-electron chi connectivity index (χ3n) is 4.54. The van der Waals surface area contributed by atoms with E-state index in [2.05, 4.69) is 5.32 Å². The molecule has 1 N–H and O–H groups in total. The first-order valence-electron chi connectivity index (χ1n) is 9.34. The lowest BCUT2D eigenvalue weighted by atomic mass is 10.1. The molecule has 0 aliphatic heterocycles. The fourth-order valence-electron chi connectivity index (χ4n) is 2.78. The van der Waals surface area contributed by atoms with Gasteiger partial charge in [0, 0.05) is 13.1 Å². The van der Waals surface area contributed by atoms with Crippen LogP contribution < -0.4 is 14.8 Å². The quantitative estimate of drug-likeness (QED) is 0.722. The van der Waals surface area contributed by atoms with Gasteiger partial charge in [-0.2, -0.15) is 0 Å². The smallest absolute Gasteiger partial charge is 0.261 e. The zero-order chi connectivity index (χ0) is 20.5. The number of rotatable bonds is 9. The highest BCUT2D eigenvalue weighted by atomic mass is 16.5. The van der Waals surface area contributed by atoms with Gasteiger partial charge in [-0.1, -0.05) is 24.3 Å². The highest BCUT2D eigenvalue weighted by molar-refractivity contribution is 5.87. The van der Waals surface area contributed by atoms with Crippen molar-refractivity contribution in [3.63, 3.8) is 0 Å². The molecule has 1 unspecified atom stereocenters. The van der Waals surface area contributed by atoms with Crippen LogP contribution in [0.3, 0.4) is 0 Å². The van der Waals surface area contributed by atoms with Crippen molar-refractivity contribution in [3.8, 4) is 11.5 Å². The molecule has 28 heavy (non-hydrogen) atoms. The van der Waals surface area contributed by atoms with Crippen LogP contribution in [0.2, 0.25) is 0 Å². The Morgan fingerprint density at radius 2 is 1.71 bits per heavy atom. The second kappa shape index (κ2) is 10.3. The maximum absolute atomic E-state index is 12.9. The second-order valence-electron chi connectivity index (χ2n) is 6.48. The topological polar surface area (TPSA) is 67.9 Å². The molecule has 0 bridgehead atoms. The third-order valence-corrected chi connectivity index (χ3v) is 4.54. The molecule has 0 aliphatic carbocycles. The van der Waals surface area contributed by atoms with E-state index in [1.807, 2.05) is 38.1 Å². The zero-order valence-corrected chi connectivity index (χ0v) is 16.9. The lowest BCUT2D eigenvalue weighted by Crippen LogP contribution is -2.49. The predicted octanol–water partition coefficient (Wildman–Crippen LogP) is 2.94. The summed E-state index contributed by atoms with van der Waals surface area (Å²) in [5.41, 5.74) is 2.07. The highest BCUT2D eigenvalue weighted by Crippen LogP contribution is 2.18. The van der Waals surface area contributed by atoms with Crippen molar-refractivity contribution in [2.24, 2.45) is 0 Å². The van der Waals surface area contributed by atoms with Crippen LogP contribution in [0.25, 0.3) is 0 Å². The molecule has 6 nitrogen and oxygen atoms in total. The minimum atomic E-state index is -0.605. The van der Waals surface area contributed by atoms with Crippen molar-refractivity contribution in [2.75, 3.05) is 20.3 Å². The Kier molecular flexibility index (Phi) is 7.87. The molecular formula is C22H28N2O4. The average Bonchev–Trinajstić information content (AvgIpc) is 2.71. The largest absolute Gasteiger partial charge is 0.497 e. The molecule has 0 aromatic heterocycles. The minimum Gasteiger partial charge on any atom is -0.497 e. The molecule has 0 saturated heterocycles. The van der Waals surface area contributed by atoms with Gasteiger partial charge in [-0.25, -0.2) is 0 Å². The lowest BCUT2D eigenvalue weighted by Gasteiger charge is -2.29. The van der Waals surface area contributed by atoms with Crippen LogP contribution in [0.4, 0.5) is 0 Å². The number of nitrogens with zero attached hydrogens (tertiary/aromatic N) is 1. The maximum atomic E-state index is 12.9. The summed E-state index contributed by atoms with van der Waals surface area (Å²) in [5.74, 6) is 0.840. The fourth-order valence-corrected chi connectivity index (χ4v) is 2.78. The summed E-state index contributed by atoms with van der Waals surface area (Å²) in [6, 6.07) is 14.2. The highest BCUT2D eigenvalue weighted by Gasteiger charge is 2.26. The molecule has 0 heterocycles. The molecule has 1 atom stereocenters. The lowest BCUT2D eigenvalue weighted by molar-refractivity contribution is -0.142. The number of nitrogens with one attached hydrogen (secondary N) is 1. The number of hydrogen-bond donors (Lipinski definition) is 1. The SMILES string of the molecule is CCNC(=O)C(C)N(Cc1ccccc1C)C(=O)COc1ccc(OC)cc1. The Morgan fingerprint density at radius 3 is 2.32 bits per heavy atom. The summed E-state index contributed by atoms with van der Waals surface area (Å²) in [5, 5.41) is 2.78. The Bertz CT molecular complexity index is 789. The standard InChI is InChI=1S/C22H28N2O4/c1-5-23-22(26)17(3)24(14-18-9-7-6-8-16(18)2)21(25)15-28-20-12-10-19(27-4)11-13-20/h6-13,17H,5,14-15H2,1-4H3,(H,23,26). The maximum Gasteiger partial charge on any atom is 0.261 e. The number of benzene rings is 2. The first-order chi connectivity index (χ1) is 13.5. The van der Waals surface area contributed by atoms with Crippen molar-refractivity contribution < 1.29 is 19.1 Å². The first-order valence-corrected chi connectivity index (χ1v) is 9.34. The molecule has 2 amide bonds. The number of ether oxygens (including phenoxy) is 2. The molecular weight excluding hydrogens is 356 g/mol. The Hall–Kier alpha value is -3.02. The van der Waals surface area contributed by atoms with Crippen molar-refractivity contribution in [2.45, 2.75) is 33.4 Å². The van der Waals surface area contributed by atoms with Crippen LogP contribution in [-0.4, -0.2) is 43.0 Å². The molecule has 0 spiro atoms. The van der Waals surface area contributed by atoms with Crippen LogP contribution in [0.15, 0.2) is 48.5 Å². The number of hydrogen-bond acceptors (Lipinski definition) is 4. The predicted molar refractivity (Wildman–Crippen MR) is 108 cm³/mol. The second-order valence-corrected chi connectivity index (χ2v) is 6.48. The van der Waals surface area contributed by atoms with Crippen LogP contribution in [-0.2, 0) is 16.1 Å². The monoisotopic (exact) mass is 384 g/mol. The van der Waals surface area contributed by atoms with Gasteiger partial charge >= 0.3 is 0 Å². The molecule has 2 aromatic rings. The van der Waals surface area contributed by atoms with E-state index in [-0.39, 0.29) is 18.4 Å². The number of likely N-dealkylation sites (N-methyl/N-ethyl adjacent to an activating group) is 1. The summed E-state index contributed by atoms with van der Waals surface area (Å²) in [7, 11) is 1.59. The number of carbonyl (C=O) groups excluding carboxylic acids is 2. The van der Waals surface area contributed by atoms with Gasteiger partial charge < -0.3 is 19.7 Å². The van der Waals surface area contributed by atoms with E-state index in [4.69, 9.17) is 9.47 Å². The van der Waals surface area contributed by atoms with Gasteiger partial charge in [0.15, 0.2) is 6.61 Å². The van der Waals surface area contributed by atoms with Gasteiger partial charge in [0.05, 0.1) is 7.11 Å². The zero-order valence-electron chi connectivity index (χ0n) is 16.9. The average molecular weight is 384 g/mol. The third kappa shape index (κ3) is 5.74. The summed E-state index contributed by atoms with van der Waals surface area (Å²) in [4.78, 5) is 26.8. The van der Waals surface area contributed by atoms with Gasteiger partial charge in [-0.15, -0.1) is 0 Å². The number of aryl methyl sites for hydroxylation is 1. The Morgan fingerprint density at radius 1 is 1.07 bits per heavy atom. The number of methoxy groups -OCH3 is 1. The van der Waals surface area contributed by atoms with Crippen molar-refractivity contribution in [3.05, 3.63) is 59.7 Å². The van der Waals surface area contributed by atoms with E-state index >= 15 is 0 Å². The molecule has 0 aliphatic rings. The molecule has 0 radical (unpaired) electrons. The van der Waals surface area contributed by atoms with Crippen molar-refractivity contribution >= 4 is 11.8 Å². The minimum absolute atomic E-state index is 0.151. The van der Waals surface area contributed by atoms with Crippen molar-refractivity contribution in [1.82, 2.24) is 10.2 Å². The molecule has 0 fully saturated rings. The van der Waals surface area contributed by atoms with E-state index in [0.717, 1.165) is 11.1 Å². The van der Waals surface area contributed by atoms with E-state index in [9.17, 15) is 9.59 Å².